The highest BCUT2D eigenvalue weighted by molar-refractivity contribution is 5.95. The van der Waals surface area contributed by atoms with E-state index in [1.54, 1.807) is 32.3 Å². The van der Waals surface area contributed by atoms with Gasteiger partial charge < -0.3 is 15.2 Å². The largest absolute Gasteiger partial charge is 0.362 e. The number of aromatic amines is 1. The summed E-state index contributed by atoms with van der Waals surface area (Å²) in [5.41, 5.74) is 1.31. The molecule has 3 rings (SSSR count). The normalized spacial score (nSPS) is 17.4. The van der Waals surface area contributed by atoms with E-state index >= 15 is 0 Å². The quantitative estimate of drug-likeness (QED) is 0.878. The van der Waals surface area contributed by atoms with Crippen molar-refractivity contribution in [1.29, 1.82) is 0 Å². The van der Waals surface area contributed by atoms with E-state index in [0.717, 1.165) is 37.6 Å². The summed E-state index contributed by atoms with van der Waals surface area (Å²) in [6, 6.07) is 3.25. The Kier molecular flexibility index (Phi) is 5.11. The zero-order chi connectivity index (χ0) is 17.8. The van der Waals surface area contributed by atoms with Crippen LogP contribution in [0.5, 0.6) is 0 Å². The number of aromatic nitrogens is 3. The zero-order valence-electron chi connectivity index (χ0n) is 14.6. The van der Waals surface area contributed by atoms with Crippen LogP contribution >= 0.6 is 0 Å². The van der Waals surface area contributed by atoms with E-state index in [1.165, 1.54) is 6.07 Å². The number of amides is 1. The highest BCUT2D eigenvalue weighted by Gasteiger charge is 2.23. The molecular weight excluding hydrogens is 318 g/mol. The molecule has 7 heteroatoms. The van der Waals surface area contributed by atoms with Gasteiger partial charge in [0, 0.05) is 49.5 Å². The Morgan fingerprint density at radius 2 is 2.12 bits per heavy atom. The smallest absolute Gasteiger partial charge is 0.257 e. The maximum absolute atomic E-state index is 12.4. The summed E-state index contributed by atoms with van der Waals surface area (Å²) in [5, 5.41) is 2.92. The number of pyridine rings is 1. The molecule has 132 valence electrons. The third kappa shape index (κ3) is 4.04. The number of rotatable bonds is 4. The summed E-state index contributed by atoms with van der Waals surface area (Å²) in [4.78, 5) is 38.3. The number of aryl methyl sites for hydroxylation is 2. The second-order valence-corrected chi connectivity index (χ2v) is 6.53. The molecule has 7 nitrogen and oxygen atoms in total. The zero-order valence-corrected chi connectivity index (χ0v) is 14.6. The highest BCUT2D eigenvalue weighted by atomic mass is 16.2. The van der Waals surface area contributed by atoms with Gasteiger partial charge in [-0.3, -0.25) is 9.59 Å². The lowest BCUT2D eigenvalue weighted by molar-refractivity contribution is 0.0943. The van der Waals surface area contributed by atoms with Crippen LogP contribution in [0.2, 0.25) is 0 Å². The Bertz CT molecular complexity index is 803. The first-order chi connectivity index (χ1) is 12.0. The monoisotopic (exact) mass is 341 g/mol. The number of hydrogen-bond acceptors (Lipinski definition) is 5. The van der Waals surface area contributed by atoms with Gasteiger partial charge in [0.25, 0.3) is 5.91 Å². The van der Waals surface area contributed by atoms with E-state index in [9.17, 15) is 9.59 Å². The van der Waals surface area contributed by atoms with Crippen molar-refractivity contribution in [3.63, 3.8) is 0 Å². The Labute approximate surface area is 146 Å². The van der Waals surface area contributed by atoms with Crippen molar-refractivity contribution >= 4 is 11.9 Å². The molecule has 3 heterocycles. The number of piperidine rings is 1. The number of anilines is 1. The van der Waals surface area contributed by atoms with E-state index in [4.69, 9.17) is 0 Å². The van der Waals surface area contributed by atoms with E-state index in [2.05, 4.69) is 25.2 Å². The molecule has 1 saturated heterocycles. The Hall–Kier alpha value is -2.70. The van der Waals surface area contributed by atoms with Crippen LogP contribution in [0, 0.1) is 19.8 Å². The molecular formula is C18H23N5O2. The molecule has 1 aliphatic heterocycles. The minimum absolute atomic E-state index is 0.199. The van der Waals surface area contributed by atoms with Crippen LogP contribution in [-0.2, 0) is 0 Å². The average molecular weight is 341 g/mol. The fourth-order valence-corrected chi connectivity index (χ4v) is 3.32. The van der Waals surface area contributed by atoms with Gasteiger partial charge >= 0.3 is 0 Å². The summed E-state index contributed by atoms with van der Waals surface area (Å²) in [6.07, 6.45) is 5.54. The Morgan fingerprint density at radius 1 is 1.36 bits per heavy atom. The molecule has 1 amide bonds. The molecule has 0 unspecified atom stereocenters. The lowest BCUT2D eigenvalue weighted by atomic mass is 9.98. The van der Waals surface area contributed by atoms with Crippen LogP contribution in [0.25, 0.3) is 0 Å². The van der Waals surface area contributed by atoms with E-state index in [0.29, 0.717) is 18.2 Å². The van der Waals surface area contributed by atoms with Crippen molar-refractivity contribution in [2.24, 2.45) is 5.92 Å². The topological polar surface area (TPSA) is 91.0 Å². The van der Waals surface area contributed by atoms with Crippen molar-refractivity contribution in [2.45, 2.75) is 26.7 Å². The number of carbonyl (C=O) groups is 1. The number of hydrogen-bond donors (Lipinski definition) is 2. The van der Waals surface area contributed by atoms with E-state index < -0.39 is 0 Å². The van der Waals surface area contributed by atoms with Gasteiger partial charge in [0.05, 0.1) is 0 Å². The first-order valence-corrected chi connectivity index (χ1v) is 8.55. The van der Waals surface area contributed by atoms with Gasteiger partial charge in [0.1, 0.15) is 5.56 Å². The fourth-order valence-electron chi connectivity index (χ4n) is 3.32. The summed E-state index contributed by atoms with van der Waals surface area (Å²) in [6.45, 7) is 5.81. The predicted molar refractivity (Wildman–Crippen MR) is 95.8 cm³/mol. The molecule has 2 N–H and O–H groups in total. The van der Waals surface area contributed by atoms with Crippen LogP contribution in [0.3, 0.4) is 0 Å². The van der Waals surface area contributed by atoms with Crippen molar-refractivity contribution in [3.8, 4) is 0 Å². The van der Waals surface area contributed by atoms with Gasteiger partial charge in [-0.05, 0) is 38.7 Å². The van der Waals surface area contributed by atoms with Gasteiger partial charge in [-0.2, -0.15) is 0 Å². The summed E-state index contributed by atoms with van der Waals surface area (Å²) in [5.74, 6) is 0.725. The lowest BCUT2D eigenvalue weighted by Crippen LogP contribution is -2.42. The van der Waals surface area contributed by atoms with Crippen LogP contribution in [0.15, 0.2) is 29.3 Å². The van der Waals surface area contributed by atoms with Crippen LogP contribution in [-0.4, -0.2) is 40.5 Å². The summed E-state index contributed by atoms with van der Waals surface area (Å²) in [7, 11) is 0. The van der Waals surface area contributed by atoms with Gasteiger partial charge in [-0.15, -0.1) is 0 Å². The first-order valence-electron chi connectivity index (χ1n) is 8.55. The molecule has 25 heavy (non-hydrogen) atoms. The number of carbonyl (C=O) groups excluding carboxylic acids is 1. The van der Waals surface area contributed by atoms with E-state index in [-0.39, 0.29) is 16.9 Å². The molecule has 1 aliphatic rings. The molecule has 1 atom stereocenters. The standard InChI is InChI=1S/C18H23N5O2/c1-12-9-15(24)16(13(2)22-12)17(25)21-10-14-5-3-8-23(11-14)18-19-6-4-7-20-18/h4,6-7,9,14H,3,5,8,10-11H2,1-2H3,(H,21,25)(H,22,24)/t14-/m1/s1. The van der Waals surface area contributed by atoms with Gasteiger partial charge in [-0.1, -0.05) is 0 Å². The SMILES string of the molecule is Cc1cc(=O)c(C(=O)NC[C@H]2CCCN(c3ncccn3)C2)c(C)[nH]1. The summed E-state index contributed by atoms with van der Waals surface area (Å²) < 4.78 is 0. The van der Waals surface area contributed by atoms with Crippen LogP contribution < -0.4 is 15.6 Å². The molecule has 0 saturated carbocycles. The van der Waals surface area contributed by atoms with Crippen molar-refractivity contribution in [2.75, 3.05) is 24.5 Å². The van der Waals surface area contributed by atoms with Crippen molar-refractivity contribution in [1.82, 2.24) is 20.3 Å². The van der Waals surface area contributed by atoms with E-state index in [1.807, 2.05) is 0 Å². The number of nitrogens with zero attached hydrogens (tertiary/aromatic N) is 3. The highest BCUT2D eigenvalue weighted by Crippen LogP contribution is 2.19. The minimum Gasteiger partial charge on any atom is -0.362 e. The maximum atomic E-state index is 12.4. The molecule has 0 aromatic carbocycles. The van der Waals surface area contributed by atoms with Crippen LogP contribution in [0.1, 0.15) is 34.6 Å². The molecule has 2 aromatic rings. The number of H-pyrrole nitrogens is 1. The second-order valence-electron chi connectivity index (χ2n) is 6.53. The molecule has 0 radical (unpaired) electrons. The van der Waals surface area contributed by atoms with Gasteiger partial charge in [0.2, 0.25) is 5.95 Å². The Morgan fingerprint density at radius 3 is 2.84 bits per heavy atom. The molecule has 0 aliphatic carbocycles. The third-order valence-corrected chi connectivity index (χ3v) is 4.49. The minimum atomic E-state index is -0.313. The predicted octanol–water partition coefficient (Wildman–Crippen LogP) is 1.43. The molecule has 0 bridgehead atoms. The molecule has 2 aromatic heterocycles. The Balaban J connectivity index is 1.62. The van der Waals surface area contributed by atoms with Crippen molar-refractivity contribution in [3.05, 3.63) is 51.7 Å². The second kappa shape index (κ2) is 7.46. The molecule has 1 fully saturated rings. The summed E-state index contributed by atoms with van der Waals surface area (Å²) >= 11 is 0. The van der Waals surface area contributed by atoms with Crippen molar-refractivity contribution < 1.29 is 4.79 Å². The average Bonchev–Trinajstić information content (AvgIpc) is 2.60. The fraction of sp³-hybridized carbons (Fsp3) is 0.444. The maximum Gasteiger partial charge on any atom is 0.257 e. The lowest BCUT2D eigenvalue weighted by Gasteiger charge is -2.32. The van der Waals surface area contributed by atoms with Gasteiger partial charge in [0.15, 0.2) is 5.43 Å². The third-order valence-electron chi connectivity index (χ3n) is 4.49. The van der Waals surface area contributed by atoms with Crippen LogP contribution in [0.4, 0.5) is 5.95 Å². The number of nitrogens with one attached hydrogen (secondary N) is 2. The van der Waals surface area contributed by atoms with Gasteiger partial charge in [-0.25, -0.2) is 9.97 Å². The molecule has 0 spiro atoms. The first kappa shape index (κ1) is 17.1.